The van der Waals surface area contributed by atoms with Crippen LogP contribution in [0.5, 0.6) is 0 Å². The lowest BCUT2D eigenvalue weighted by Crippen LogP contribution is -2.49. The molecule has 0 aromatic carbocycles. The number of amides is 1. The Morgan fingerprint density at radius 2 is 2.30 bits per heavy atom. The number of aromatic amines is 1. The van der Waals surface area contributed by atoms with Crippen molar-refractivity contribution in [2.24, 2.45) is 0 Å². The third-order valence-electron chi connectivity index (χ3n) is 3.69. The quantitative estimate of drug-likeness (QED) is 0.889. The van der Waals surface area contributed by atoms with E-state index in [1.807, 2.05) is 32.9 Å². The number of piperidine rings is 1. The molecule has 23 heavy (non-hydrogen) atoms. The first-order valence-electron chi connectivity index (χ1n) is 7.96. The molecule has 1 fully saturated rings. The summed E-state index contributed by atoms with van der Waals surface area (Å²) in [6, 6.07) is 3.90. The Hall–Kier alpha value is -2.31. The second-order valence-corrected chi connectivity index (χ2v) is 6.87. The van der Waals surface area contributed by atoms with Gasteiger partial charge in [-0.15, -0.1) is 0 Å². The topological polar surface area (TPSA) is 83.1 Å². The van der Waals surface area contributed by atoms with Crippen molar-refractivity contribution in [3.63, 3.8) is 0 Å². The van der Waals surface area contributed by atoms with Crippen molar-refractivity contribution >= 4 is 23.2 Å². The van der Waals surface area contributed by atoms with E-state index in [2.05, 4.69) is 25.2 Å². The fourth-order valence-electron chi connectivity index (χ4n) is 2.74. The standard InChI is InChI=1S/C16H23N5O2/c1-16(2,3)23-15(22)18-11-6-5-9-21(10-11)14-19-12-7-4-8-17-13(12)20-14/h4,7-8,11H,5-6,9-10H2,1-3H3,(H,18,22)(H,17,19,20)/t11-/m0/s1. The van der Waals surface area contributed by atoms with Crippen molar-refractivity contribution in [1.82, 2.24) is 20.3 Å². The number of hydrogen-bond acceptors (Lipinski definition) is 5. The van der Waals surface area contributed by atoms with E-state index in [0.717, 1.165) is 30.9 Å². The number of alkyl carbamates (subject to hydrolysis) is 1. The molecule has 1 aliphatic rings. The normalized spacial score (nSPS) is 18.9. The summed E-state index contributed by atoms with van der Waals surface area (Å²) < 4.78 is 5.33. The van der Waals surface area contributed by atoms with Gasteiger partial charge >= 0.3 is 6.09 Å². The average molecular weight is 317 g/mol. The average Bonchev–Trinajstić information content (AvgIpc) is 2.89. The summed E-state index contributed by atoms with van der Waals surface area (Å²) in [6.45, 7) is 7.20. The monoisotopic (exact) mass is 317 g/mol. The van der Waals surface area contributed by atoms with Gasteiger partial charge in [-0.05, 0) is 45.7 Å². The van der Waals surface area contributed by atoms with E-state index in [-0.39, 0.29) is 12.1 Å². The van der Waals surface area contributed by atoms with Crippen molar-refractivity contribution in [1.29, 1.82) is 0 Å². The van der Waals surface area contributed by atoms with Crippen LogP contribution in [0.2, 0.25) is 0 Å². The Balaban J connectivity index is 1.65. The maximum atomic E-state index is 11.9. The van der Waals surface area contributed by atoms with E-state index in [9.17, 15) is 4.79 Å². The number of carbonyl (C=O) groups is 1. The van der Waals surface area contributed by atoms with Crippen LogP contribution in [0.3, 0.4) is 0 Å². The van der Waals surface area contributed by atoms with Gasteiger partial charge in [0, 0.05) is 25.3 Å². The third kappa shape index (κ3) is 3.91. The molecule has 1 atom stereocenters. The molecule has 1 saturated heterocycles. The molecule has 0 bridgehead atoms. The van der Waals surface area contributed by atoms with Crippen molar-refractivity contribution in [2.45, 2.75) is 45.3 Å². The highest BCUT2D eigenvalue weighted by atomic mass is 16.6. The molecule has 0 unspecified atom stereocenters. The smallest absolute Gasteiger partial charge is 0.407 e. The zero-order valence-corrected chi connectivity index (χ0v) is 13.8. The molecule has 1 aliphatic heterocycles. The molecule has 124 valence electrons. The van der Waals surface area contributed by atoms with E-state index < -0.39 is 5.60 Å². The van der Waals surface area contributed by atoms with Crippen molar-refractivity contribution < 1.29 is 9.53 Å². The molecule has 0 aliphatic carbocycles. The largest absolute Gasteiger partial charge is 0.444 e. The minimum absolute atomic E-state index is 0.0553. The molecular formula is C16H23N5O2. The van der Waals surface area contributed by atoms with Crippen LogP contribution in [0.4, 0.5) is 10.7 Å². The molecule has 0 spiro atoms. The number of aromatic nitrogens is 3. The second kappa shape index (κ2) is 6.06. The summed E-state index contributed by atoms with van der Waals surface area (Å²) in [4.78, 5) is 26.1. The zero-order valence-electron chi connectivity index (χ0n) is 13.8. The molecule has 0 saturated carbocycles. The fraction of sp³-hybridized carbons (Fsp3) is 0.562. The predicted octanol–water partition coefficient (Wildman–Crippen LogP) is 2.45. The summed E-state index contributed by atoms with van der Waals surface area (Å²) in [5.74, 6) is 0.800. The molecule has 0 radical (unpaired) electrons. The van der Waals surface area contributed by atoms with E-state index in [4.69, 9.17) is 4.74 Å². The predicted molar refractivity (Wildman–Crippen MR) is 88.5 cm³/mol. The van der Waals surface area contributed by atoms with E-state index >= 15 is 0 Å². The summed E-state index contributed by atoms with van der Waals surface area (Å²) in [7, 11) is 0. The number of pyridine rings is 1. The highest BCUT2D eigenvalue weighted by Crippen LogP contribution is 2.20. The number of hydrogen-bond donors (Lipinski definition) is 2. The van der Waals surface area contributed by atoms with Crippen LogP contribution < -0.4 is 10.2 Å². The highest BCUT2D eigenvalue weighted by molar-refractivity contribution is 5.73. The summed E-state index contributed by atoms with van der Waals surface area (Å²) >= 11 is 0. The Bertz CT molecular complexity index is 658. The number of carbonyl (C=O) groups excluding carboxylic acids is 1. The van der Waals surface area contributed by atoms with Gasteiger partial charge in [-0.1, -0.05) is 0 Å². The fourth-order valence-corrected chi connectivity index (χ4v) is 2.74. The first kappa shape index (κ1) is 15.6. The molecule has 2 aromatic rings. The van der Waals surface area contributed by atoms with Crippen LogP contribution in [-0.4, -0.2) is 45.8 Å². The van der Waals surface area contributed by atoms with Crippen molar-refractivity contribution in [3.8, 4) is 0 Å². The number of nitrogens with zero attached hydrogens (tertiary/aromatic N) is 3. The Morgan fingerprint density at radius 3 is 3.04 bits per heavy atom. The molecule has 1 amide bonds. The number of rotatable bonds is 2. The lowest BCUT2D eigenvalue weighted by atomic mass is 10.1. The van der Waals surface area contributed by atoms with Gasteiger partial charge in [0.25, 0.3) is 0 Å². The van der Waals surface area contributed by atoms with E-state index in [0.29, 0.717) is 12.2 Å². The van der Waals surface area contributed by atoms with Crippen molar-refractivity contribution in [2.75, 3.05) is 18.0 Å². The number of anilines is 1. The molecule has 2 aromatic heterocycles. The molecule has 7 heteroatoms. The lowest BCUT2D eigenvalue weighted by molar-refractivity contribution is 0.0500. The number of imidazole rings is 1. The minimum atomic E-state index is -0.483. The Morgan fingerprint density at radius 1 is 1.48 bits per heavy atom. The molecular weight excluding hydrogens is 294 g/mol. The SMILES string of the molecule is CC(C)(C)OC(=O)N[C@H]1CCCN(c2nc3ncccc3[nH]2)C1. The maximum Gasteiger partial charge on any atom is 0.407 e. The van der Waals surface area contributed by atoms with Crippen LogP contribution in [0.25, 0.3) is 11.2 Å². The first-order chi connectivity index (χ1) is 10.9. The van der Waals surface area contributed by atoms with E-state index in [1.165, 1.54) is 0 Å². The molecule has 7 nitrogen and oxygen atoms in total. The van der Waals surface area contributed by atoms with Crippen LogP contribution in [0, 0.1) is 0 Å². The van der Waals surface area contributed by atoms with Crippen LogP contribution in [0.1, 0.15) is 33.6 Å². The zero-order chi connectivity index (χ0) is 16.4. The number of H-pyrrole nitrogens is 1. The third-order valence-corrected chi connectivity index (χ3v) is 3.69. The number of fused-ring (bicyclic) bond motifs is 1. The van der Waals surface area contributed by atoms with Gasteiger partial charge in [0.15, 0.2) is 5.65 Å². The number of ether oxygens (including phenoxy) is 1. The summed E-state index contributed by atoms with van der Waals surface area (Å²) in [6.07, 6.45) is 3.30. The van der Waals surface area contributed by atoms with Gasteiger partial charge < -0.3 is 19.9 Å². The van der Waals surface area contributed by atoms with Crippen molar-refractivity contribution in [3.05, 3.63) is 18.3 Å². The number of nitrogens with one attached hydrogen (secondary N) is 2. The second-order valence-electron chi connectivity index (χ2n) is 6.87. The molecule has 3 heterocycles. The lowest BCUT2D eigenvalue weighted by Gasteiger charge is -2.33. The van der Waals surface area contributed by atoms with Gasteiger partial charge in [0.2, 0.25) is 5.95 Å². The maximum absolute atomic E-state index is 11.9. The Labute approximate surface area is 135 Å². The molecule has 2 N–H and O–H groups in total. The van der Waals surface area contributed by atoms with Gasteiger partial charge in [-0.3, -0.25) is 0 Å². The van der Waals surface area contributed by atoms with Gasteiger partial charge in [-0.25, -0.2) is 9.78 Å². The van der Waals surface area contributed by atoms with Crippen LogP contribution in [0.15, 0.2) is 18.3 Å². The molecule has 3 rings (SSSR count). The summed E-state index contributed by atoms with van der Waals surface area (Å²) in [5, 5.41) is 2.95. The van der Waals surface area contributed by atoms with Crippen LogP contribution in [-0.2, 0) is 4.74 Å². The van der Waals surface area contributed by atoms with E-state index in [1.54, 1.807) is 6.20 Å². The van der Waals surface area contributed by atoms with Gasteiger partial charge in [0.05, 0.1) is 5.52 Å². The van der Waals surface area contributed by atoms with Gasteiger partial charge in [0.1, 0.15) is 5.60 Å². The first-order valence-corrected chi connectivity index (χ1v) is 7.96. The van der Waals surface area contributed by atoms with Crippen LogP contribution >= 0.6 is 0 Å². The van der Waals surface area contributed by atoms with Gasteiger partial charge in [-0.2, -0.15) is 4.98 Å². The highest BCUT2D eigenvalue weighted by Gasteiger charge is 2.25. The Kier molecular flexibility index (Phi) is 4.11. The summed E-state index contributed by atoms with van der Waals surface area (Å²) in [5.41, 5.74) is 1.15. The minimum Gasteiger partial charge on any atom is -0.444 e.